The molecule has 0 spiro atoms. The van der Waals surface area contributed by atoms with Gasteiger partial charge in [-0.05, 0) is 12.1 Å². The second-order valence-corrected chi connectivity index (χ2v) is 5.84. The van der Waals surface area contributed by atoms with Crippen molar-refractivity contribution >= 4 is 11.5 Å². The lowest BCUT2D eigenvalue weighted by Crippen LogP contribution is -1.99. The van der Waals surface area contributed by atoms with E-state index < -0.39 is 0 Å². The fourth-order valence-electron chi connectivity index (χ4n) is 3.09. The summed E-state index contributed by atoms with van der Waals surface area (Å²) < 4.78 is 16.5. The first-order valence-electron chi connectivity index (χ1n) is 8.35. The van der Waals surface area contributed by atoms with E-state index in [1.54, 1.807) is 26.5 Å². The Morgan fingerprint density at radius 3 is 2.62 bits per heavy atom. The van der Waals surface area contributed by atoms with Gasteiger partial charge in [0.1, 0.15) is 5.75 Å². The fourth-order valence-corrected chi connectivity index (χ4v) is 3.09. The number of hydrogen-bond donors (Lipinski definition) is 1. The third kappa shape index (κ3) is 2.90. The predicted octanol–water partition coefficient (Wildman–Crippen LogP) is 3.84. The average Bonchev–Trinajstić information content (AvgIpc) is 3.19. The highest BCUT2D eigenvalue weighted by Crippen LogP contribution is 2.42. The summed E-state index contributed by atoms with van der Waals surface area (Å²) >= 11 is 0. The van der Waals surface area contributed by atoms with Crippen molar-refractivity contribution in [2.45, 2.75) is 6.42 Å². The highest BCUT2D eigenvalue weighted by molar-refractivity contribution is 5.79. The van der Waals surface area contributed by atoms with Crippen LogP contribution in [0.5, 0.6) is 17.4 Å². The maximum absolute atomic E-state index is 5.87. The van der Waals surface area contributed by atoms with Crippen LogP contribution >= 0.6 is 0 Å². The Bertz CT molecular complexity index is 926. The zero-order chi connectivity index (χ0) is 17.9. The van der Waals surface area contributed by atoms with Gasteiger partial charge in [0.05, 0.1) is 32.7 Å². The van der Waals surface area contributed by atoms with E-state index in [1.165, 1.54) is 0 Å². The van der Waals surface area contributed by atoms with Gasteiger partial charge in [-0.1, -0.05) is 18.2 Å². The topological polar surface area (TPSA) is 65.5 Å². The van der Waals surface area contributed by atoms with Crippen LogP contribution in [0.15, 0.2) is 48.8 Å². The first-order chi connectivity index (χ1) is 12.8. The normalized spacial score (nSPS) is 12.2. The Balaban J connectivity index is 1.72. The molecule has 0 saturated carbocycles. The van der Waals surface area contributed by atoms with E-state index in [4.69, 9.17) is 14.2 Å². The lowest BCUT2D eigenvalue weighted by Gasteiger charge is -2.14. The van der Waals surface area contributed by atoms with Crippen molar-refractivity contribution in [1.29, 1.82) is 0 Å². The molecule has 6 nitrogen and oxygen atoms in total. The molecule has 0 atom stereocenters. The quantitative estimate of drug-likeness (QED) is 0.755. The lowest BCUT2D eigenvalue weighted by atomic mass is 9.99. The Morgan fingerprint density at radius 1 is 0.962 bits per heavy atom. The molecule has 1 N–H and O–H groups in total. The SMILES string of the molecule is COc1ccc(Nc2ncc(-c3ccccc3OC)c3c2OCC3)cn1. The summed E-state index contributed by atoms with van der Waals surface area (Å²) in [6, 6.07) is 11.6. The number of hydrogen-bond acceptors (Lipinski definition) is 6. The molecule has 1 aromatic carbocycles. The number of anilines is 2. The molecule has 132 valence electrons. The van der Waals surface area contributed by atoms with Gasteiger partial charge in [0, 0.05) is 35.4 Å². The molecule has 0 unspecified atom stereocenters. The summed E-state index contributed by atoms with van der Waals surface area (Å²) in [4.78, 5) is 8.79. The number of aromatic nitrogens is 2. The predicted molar refractivity (Wildman–Crippen MR) is 99.5 cm³/mol. The van der Waals surface area contributed by atoms with Crippen molar-refractivity contribution in [3.05, 3.63) is 54.4 Å². The van der Waals surface area contributed by atoms with Crippen molar-refractivity contribution in [3.8, 4) is 28.5 Å². The van der Waals surface area contributed by atoms with Crippen LogP contribution in [0.1, 0.15) is 5.56 Å². The standard InChI is InChI=1S/C20H19N3O3/c1-24-17-6-4-3-5-14(17)16-12-22-20(19-15(16)9-10-26-19)23-13-7-8-18(25-2)21-11-13/h3-8,11-12H,9-10H2,1-2H3,(H,22,23). The molecular formula is C20H19N3O3. The van der Waals surface area contributed by atoms with Gasteiger partial charge in [0.15, 0.2) is 11.6 Å². The average molecular weight is 349 g/mol. The van der Waals surface area contributed by atoms with Crippen LogP contribution in [-0.2, 0) is 6.42 Å². The van der Waals surface area contributed by atoms with Gasteiger partial charge in [-0.25, -0.2) is 9.97 Å². The number of ether oxygens (including phenoxy) is 3. The third-order valence-corrected chi connectivity index (χ3v) is 4.34. The van der Waals surface area contributed by atoms with Crippen molar-refractivity contribution in [2.75, 3.05) is 26.1 Å². The Morgan fingerprint density at radius 2 is 1.85 bits per heavy atom. The highest BCUT2D eigenvalue weighted by atomic mass is 16.5. The minimum atomic E-state index is 0.566. The number of benzene rings is 1. The van der Waals surface area contributed by atoms with E-state index in [0.29, 0.717) is 18.3 Å². The number of fused-ring (bicyclic) bond motifs is 1. The third-order valence-electron chi connectivity index (χ3n) is 4.34. The van der Waals surface area contributed by atoms with Crippen molar-refractivity contribution in [2.24, 2.45) is 0 Å². The molecule has 0 saturated heterocycles. The van der Waals surface area contributed by atoms with Crippen LogP contribution in [0.4, 0.5) is 11.5 Å². The Kier molecular flexibility index (Phi) is 4.31. The second kappa shape index (κ2) is 6.92. The van der Waals surface area contributed by atoms with E-state index in [2.05, 4.69) is 15.3 Å². The minimum Gasteiger partial charge on any atom is -0.496 e. The first-order valence-corrected chi connectivity index (χ1v) is 8.35. The summed E-state index contributed by atoms with van der Waals surface area (Å²) in [5.74, 6) is 2.85. The molecule has 3 heterocycles. The van der Waals surface area contributed by atoms with Crippen molar-refractivity contribution < 1.29 is 14.2 Å². The van der Waals surface area contributed by atoms with Crippen LogP contribution in [0.3, 0.4) is 0 Å². The van der Waals surface area contributed by atoms with E-state index in [-0.39, 0.29) is 0 Å². The summed E-state index contributed by atoms with van der Waals surface area (Å²) in [5, 5.41) is 3.28. The van der Waals surface area contributed by atoms with Crippen LogP contribution in [0, 0.1) is 0 Å². The Hall–Kier alpha value is -3.28. The monoisotopic (exact) mass is 349 g/mol. The lowest BCUT2D eigenvalue weighted by molar-refractivity contribution is 0.357. The van der Waals surface area contributed by atoms with Crippen LogP contribution < -0.4 is 19.5 Å². The molecule has 4 rings (SSSR count). The zero-order valence-electron chi connectivity index (χ0n) is 14.7. The van der Waals surface area contributed by atoms with E-state index in [1.807, 2.05) is 36.5 Å². The molecule has 1 aliphatic heterocycles. The number of nitrogens with zero attached hydrogens (tertiary/aromatic N) is 2. The number of pyridine rings is 2. The molecule has 0 fully saturated rings. The molecule has 0 aliphatic carbocycles. The zero-order valence-corrected chi connectivity index (χ0v) is 14.7. The summed E-state index contributed by atoms with van der Waals surface area (Å²) in [6.45, 7) is 0.638. The van der Waals surface area contributed by atoms with E-state index >= 15 is 0 Å². The van der Waals surface area contributed by atoms with E-state index in [9.17, 15) is 0 Å². The van der Waals surface area contributed by atoms with Gasteiger partial charge < -0.3 is 19.5 Å². The molecular weight excluding hydrogens is 330 g/mol. The number of nitrogens with one attached hydrogen (secondary N) is 1. The summed E-state index contributed by atoms with van der Waals surface area (Å²) in [6.07, 6.45) is 4.40. The van der Waals surface area contributed by atoms with Crippen molar-refractivity contribution in [3.63, 3.8) is 0 Å². The van der Waals surface area contributed by atoms with Crippen LogP contribution in [-0.4, -0.2) is 30.8 Å². The maximum Gasteiger partial charge on any atom is 0.213 e. The van der Waals surface area contributed by atoms with Gasteiger partial charge >= 0.3 is 0 Å². The molecule has 0 radical (unpaired) electrons. The Labute approximate surface area is 151 Å². The van der Waals surface area contributed by atoms with Crippen LogP contribution in [0.2, 0.25) is 0 Å². The van der Waals surface area contributed by atoms with Gasteiger partial charge in [0.2, 0.25) is 5.88 Å². The maximum atomic E-state index is 5.87. The number of rotatable bonds is 5. The van der Waals surface area contributed by atoms with Gasteiger partial charge in [0.25, 0.3) is 0 Å². The number of methoxy groups -OCH3 is 2. The molecule has 0 bridgehead atoms. The molecule has 1 aliphatic rings. The summed E-state index contributed by atoms with van der Waals surface area (Å²) in [7, 11) is 3.27. The smallest absolute Gasteiger partial charge is 0.213 e. The van der Waals surface area contributed by atoms with Crippen LogP contribution in [0.25, 0.3) is 11.1 Å². The molecule has 0 amide bonds. The number of para-hydroxylation sites is 1. The largest absolute Gasteiger partial charge is 0.496 e. The van der Waals surface area contributed by atoms with E-state index in [0.717, 1.165) is 40.3 Å². The van der Waals surface area contributed by atoms with Gasteiger partial charge in [-0.2, -0.15) is 0 Å². The summed E-state index contributed by atoms with van der Waals surface area (Å²) in [5.41, 5.74) is 4.00. The fraction of sp³-hybridized carbons (Fsp3) is 0.200. The minimum absolute atomic E-state index is 0.566. The molecule has 2 aromatic heterocycles. The molecule has 26 heavy (non-hydrogen) atoms. The van der Waals surface area contributed by atoms with Crippen molar-refractivity contribution in [1.82, 2.24) is 9.97 Å². The highest BCUT2D eigenvalue weighted by Gasteiger charge is 2.23. The molecule has 3 aromatic rings. The van der Waals surface area contributed by atoms with Gasteiger partial charge in [-0.3, -0.25) is 0 Å². The second-order valence-electron chi connectivity index (χ2n) is 5.84. The first kappa shape index (κ1) is 16.2. The van der Waals surface area contributed by atoms with Gasteiger partial charge in [-0.15, -0.1) is 0 Å². The molecule has 6 heteroatoms.